The lowest BCUT2D eigenvalue weighted by atomic mass is 9.85. The Balaban J connectivity index is 0.00000341. The summed E-state index contributed by atoms with van der Waals surface area (Å²) in [6.45, 7) is 7.80. The largest absolute Gasteiger partial charge is 0.377 e. The normalized spacial score (nSPS) is 27.6. The number of nitrogens with one attached hydrogen (secondary N) is 2. The number of carbonyl (C=O) groups is 2. The molecule has 0 aromatic carbocycles. The van der Waals surface area contributed by atoms with Crippen molar-refractivity contribution in [1.29, 1.82) is 0 Å². The molecule has 2 aliphatic carbocycles. The first-order valence-corrected chi connectivity index (χ1v) is 11.3. The fourth-order valence-corrected chi connectivity index (χ4v) is 4.87. The molecule has 0 radical (unpaired) electrons. The maximum Gasteiger partial charge on any atom is 0.233 e. The lowest BCUT2D eigenvalue weighted by Gasteiger charge is -2.20. The van der Waals surface area contributed by atoms with Gasteiger partial charge in [-0.05, 0) is 52.6 Å². The molecule has 1 heterocycles. The first-order chi connectivity index (χ1) is 14.5. The van der Waals surface area contributed by atoms with E-state index >= 15 is 0 Å². The summed E-state index contributed by atoms with van der Waals surface area (Å²) in [5.41, 5.74) is 0. The Kier molecular flexibility index (Phi) is 10.2. The molecule has 2 fully saturated rings. The fraction of sp³-hybridized carbons (Fsp3) is 0.773. The molecule has 9 heteroatoms. The van der Waals surface area contributed by atoms with E-state index in [-0.39, 0.29) is 65.6 Å². The van der Waals surface area contributed by atoms with Gasteiger partial charge < -0.3 is 20.3 Å². The molecular weight excluding hydrogens is 509 g/mol. The highest BCUT2D eigenvalue weighted by molar-refractivity contribution is 14.0. The van der Waals surface area contributed by atoms with Crippen molar-refractivity contribution in [2.75, 3.05) is 53.4 Å². The average Bonchev–Trinajstić information content (AvgIpc) is 3.39. The molecule has 2 N–H and O–H groups in total. The lowest BCUT2D eigenvalue weighted by molar-refractivity contribution is -0.140. The predicted molar refractivity (Wildman–Crippen MR) is 132 cm³/mol. The first-order valence-electron chi connectivity index (χ1n) is 11.3. The van der Waals surface area contributed by atoms with Crippen molar-refractivity contribution in [2.45, 2.75) is 32.8 Å². The quantitative estimate of drug-likeness (QED) is 0.134. The van der Waals surface area contributed by atoms with Crippen LogP contribution in [0, 0.1) is 23.7 Å². The van der Waals surface area contributed by atoms with Gasteiger partial charge in [0, 0.05) is 32.8 Å². The summed E-state index contributed by atoms with van der Waals surface area (Å²) in [6, 6.07) is 0. The Morgan fingerprint density at radius 3 is 2.39 bits per heavy atom. The molecule has 1 aliphatic heterocycles. The number of hydrogen-bond donors (Lipinski definition) is 2. The van der Waals surface area contributed by atoms with Crippen molar-refractivity contribution in [2.24, 2.45) is 28.7 Å². The Hall–Kier alpha value is -1.20. The Labute approximate surface area is 203 Å². The van der Waals surface area contributed by atoms with E-state index < -0.39 is 0 Å². The van der Waals surface area contributed by atoms with E-state index in [0.29, 0.717) is 32.2 Å². The zero-order valence-electron chi connectivity index (χ0n) is 19.2. The van der Waals surface area contributed by atoms with Crippen molar-refractivity contribution in [1.82, 2.24) is 20.4 Å². The molecule has 0 aromatic rings. The van der Waals surface area contributed by atoms with Gasteiger partial charge in [0.2, 0.25) is 11.8 Å². The number of likely N-dealkylation sites (tertiary alicyclic amines) is 1. The summed E-state index contributed by atoms with van der Waals surface area (Å²) in [4.78, 5) is 33.8. The number of ether oxygens (including phenoxy) is 1. The van der Waals surface area contributed by atoms with E-state index in [1.54, 1.807) is 0 Å². The zero-order valence-corrected chi connectivity index (χ0v) is 21.5. The maximum absolute atomic E-state index is 12.8. The third-order valence-electron chi connectivity index (χ3n) is 6.29. The molecule has 5 atom stereocenters. The summed E-state index contributed by atoms with van der Waals surface area (Å²) < 4.78 is 5.81. The summed E-state index contributed by atoms with van der Waals surface area (Å²) >= 11 is 0. The van der Waals surface area contributed by atoms with Crippen LogP contribution >= 0.6 is 24.0 Å². The molecule has 0 spiro atoms. The van der Waals surface area contributed by atoms with Crippen molar-refractivity contribution in [3.63, 3.8) is 0 Å². The summed E-state index contributed by atoms with van der Waals surface area (Å²) in [6.07, 6.45) is 6.20. The molecule has 2 amide bonds. The van der Waals surface area contributed by atoms with E-state index in [9.17, 15) is 9.59 Å². The zero-order chi connectivity index (χ0) is 21.7. The number of fused-ring (bicyclic) bond motifs is 5. The van der Waals surface area contributed by atoms with Crippen LogP contribution in [0.4, 0.5) is 0 Å². The first kappa shape index (κ1) is 26.1. The van der Waals surface area contributed by atoms with Gasteiger partial charge >= 0.3 is 0 Å². The highest BCUT2D eigenvalue weighted by atomic mass is 127. The van der Waals surface area contributed by atoms with Crippen molar-refractivity contribution in [3.05, 3.63) is 12.2 Å². The van der Waals surface area contributed by atoms with E-state index in [4.69, 9.17) is 4.74 Å². The van der Waals surface area contributed by atoms with Crippen LogP contribution in [0.25, 0.3) is 0 Å². The van der Waals surface area contributed by atoms with Gasteiger partial charge in [-0.25, -0.2) is 0 Å². The van der Waals surface area contributed by atoms with Gasteiger partial charge in [-0.2, -0.15) is 0 Å². The van der Waals surface area contributed by atoms with E-state index in [1.807, 2.05) is 13.8 Å². The minimum atomic E-state index is -0.127. The molecule has 8 nitrogen and oxygen atoms in total. The van der Waals surface area contributed by atoms with Gasteiger partial charge in [0.05, 0.1) is 24.5 Å². The number of carbonyl (C=O) groups excluding carboxylic acids is 2. The number of imide groups is 1. The summed E-state index contributed by atoms with van der Waals surface area (Å²) in [5.74, 6) is 0.956. The van der Waals surface area contributed by atoms with Crippen LogP contribution in [-0.2, 0) is 14.3 Å². The minimum Gasteiger partial charge on any atom is -0.377 e. The Morgan fingerprint density at radius 1 is 1.19 bits per heavy atom. The maximum atomic E-state index is 12.8. The second-order valence-corrected chi connectivity index (χ2v) is 8.64. The standard InChI is InChI=1S/C22H37N5O3.HI/c1-5-23-22(25-14-17(30-6-2)9-11-26(3)4)24-10-12-27-20(28)18-15-7-8-16(13-15)19(18)21(27)29;/h7-8,15-19H,5-6,9-14H2,1-4H3,(H2,23,24,25);1H. The molecule has 3 rings (SSSR count). The third kappa shape index (κ3) is 6.19. The molecule has 31 heavy (non-hydrogen) atoms. The van der Waals surface area contributed by atoms with Crippen LogP contribution in [-0.4, -0.2) is 87.1 Å². The average molecular weight is 547 g/mol. The fourth-order valence-electron chi connectivity index (χ4n) is 4.87. The number of allylic oxidation sites excluding steroid dienone is 2. The molecule has 5 unspecified atom stereocenters. The van der Waals surface area contributed by atoms with Crippen LogP contribution in [0.15, 0.2) is 17.1 Å². The van der Waals surface area contributed by atoms with Crippen LogP contribution in [0.3, 0.4) is 0 Å². The monoisotopic (exact) mass is 547 g/mol. The highest BCUT2D eigenvalue weighted by Gasteiger charge is 2.58. The summed E-state index contributed by atoms with van der Waals surface area (Å²) in [7, 11) is 4.10. The van der Waals surface area contributed by atoms with Crippen LogP contribution < -0.4 is 10.6 Å². The topological polar surface area (TPSA) is 86.3 Å². The predicted octanol–water partition coefficient (Wildman–Crippen LogP) is 1.32. The molecule has 3 aliphatic rings. The van der Waals surface area contributed by atoms with E-state index in [1.165, 1.54) is 4.90 Å². The summed E-state index contributed by atoms with van der Waals surface area (Å²) in [5, 5.41) is 6.50. The van der Waals surface area contributed by atoms with Gasteiger partial charge in [0.25, 0.3) is 0 Å². The van der Waals surface area contributed by atoms with Gasteiger partial charge in [-0.3, -0.25) is 19.5 Å². The minimum absolute atomic E-state index is 0. The van der Waals surface area contributed by atoms with Crippen LogP contribution in [0.5, 0.6) is 0 Å². The van der Waals surface area contributed by atoms with Crippen molar-refractivity contribution in [3.8, 4) is 0 Å². The second kappa shape index (κ2) is 12.2. The molecule has 2 bridgehead atoms. The number of aliphatic imine (C=N–C) groups is 1. The van der Waals surface area contributed by atoms with Gasteiger partial charge in [0.1, 0.15) is 0 Å². The van der Waals surface area contributed by atoms with Gasteiger partial charge in [-0.1, -0.05) is 12.2 Å². The van der Waals surface area contributed by atoms with Crippen LogP contribution in [0.1, 0.15) is 26.7 Å². The number of rotatable bonds is 11. The van der Waals surface area contributed by atoms with E-state index in [2.05, 4.69) is 46.8 Å². The van der Waals surface area contributed by atoms with Gasteiger partial charge in [0.15, 0.2) is 5.96 Å². The number of amides is 2. The van der Waals surface area contributed by atoms with E-state index in [0.717, 1.165) is 25.9 Å². The Bertz CT molecular complexity index is 654. The lowest BCUT2D eigenvalue weighted by Crippen LogP contribution is -2.44. The van der Waals surface area contributed by atoms with Gasteiger partial charge in [-0.15, -0.1) is 24.0 Å². The molecule has 176 valence electrons. The number of guanidine groups is 1. The molecule has 1 saturated heterocycles. The molecule has 1 saturated carbocycles. The highest BCUT2D eigenvalue weighted by Crippen LogP contribution is 2.52. The molecular formula is C22H38IN5O3. The van der Waals surface area contributed by atoms with Crippen molar-refractivity contribution >= 4 is 41.8 Å². The smallest absolute Gasteiger partial charge is 0.233 e. The second-order valence-electron chi connectivity index (χ2n) is 8.64. The van der Waals surface area contributed by atoms with Crippen LogP contribution in [0.2, 0.25) is 0 Å². The Morgan fingerprint density at radius 2 is 1.84 bits per heavy atom. The number of hydrogen-bond acceptors (Lipinski definition) is 5. The third-order valence-corrected chi connectivity index (χ3v) is 6.29. The molecule has 0 aromatic heterocycles. The number of halogens is 1. The number of nitrogens with zero attached hydrogens (tertiary/aromatic N) is 3. The van der Waals surface area contributed by atoms with Crippen molar-refractivity contribution < 1.29 is 14.3 Å². The SMILES string of the molecule is CCNC(=NCC(CCN(C)C)OCC)NCCN1C(=O)C2C3C=CC(C3)C2C1=O.I.